The summed E-state index contributed by atoms with van der Waals surface area (Å²) in [7, 11) is 0. The highest BCUT2D eigenvalue weighted by molar-refractivity contribution is 6.04. The molecule has 4 rings (SSSR count). The molecule has 2 saturated heterocycles. The number of amides is 2. The fourth-order valence-corrected chi connectivity index (χ4v) is 4.06. The zero-order chi connectivity index (χ0) is 21.6. The molecule has 1 aromatic carbocycles. The maximum absolute atomic E-state index is 12.6. The molecule has 3 heterocycles. The van der Waals surface area contributed by atoms with Crippen LogP contribution in [-0.2, 0) is 9.53 Å². The minimum absolute atomic E-state index is 0.186. The summed E-state index contributed by atoms with van der Waals surface area (Å²) in [5, 5.41) is 2.87. The molecule has 31 heavy (non-hydrogen) atoms. The van der Waals surface area contributed by atoms with Crippen LogP contribution in [-0.4, -0.2) is 77.5 Å². The van der Waals surface area contributed by atoms with Gasteiger partial charge in [0.05, 0.1) is 31.0 Å². The summed E-state index contributed by atoms with van der Waals surface area (Å²) in [5.74, 6) is 0.940. The molecule has 2 aromatic rings. The summed E-state index contributed by atoms with van der Waals surface area (Å²) in [6.07, 6.45) is 3.29. The van der Waals surface area contributed by atoms with Crippen molar-refractivity contribution >= 4 is 17.5 Å². The fraction of sp³-hybridized carbons (Fsp3) is 0.478. The van der Waals surface area contributed by atoms with E-state index in [0.717, 1.165) is 37.4 Å². The summed E-state index contributed by atoms with van der Waals surface area (Å²) >= 11 is 0. The number of aromatic nitrogens is 2. The van der Waals surface area contributed by atoms with E-state index in [0.29, 0.717) is 44.1 Å². The standard InChI is InChI=1S/C23H29N5O3/c1-17-20(23(30)26-19-5-3-2-4-6-19)15-24-22(25-17)18-7-9-28(10-8-18)21(29)16-27-11-13-31-14-12-27/h2-6,15,18H,7-14,16H2,1H3,(H,26,30). The Kier molecular flexibility index (Phi) is 6.89. The minimum atomic E-state index is -0.209. The number of carbonyl (C=O) groups excluding carboxylic acids is 2. The predicted octanol–water partition coefficient (Wildman–Crippen LogP) is 2.08. The van der Waals surface area contributed by atoms with Gasteiger partial charge in [0.15, 0.2) is 0 Å². The van der Waals surface area contributed by atoms with Crippen LogP contribution in [0.25, 0.3) is 0 Å². The monoisotopic (exact) mass is 423 g/mol. The van der Waals surface area contributed by atoms with E-state index in [9.17, 15) is 9.59 Å². The first-order valence-corrected chi connectivity index (χ1v) is 10.9. The predicted molar refractivity (Wildman–Crippen MR) is 117 cm³/mol. The van der Waals surface area contributed by atoms with Crippen molar-refractivity contribution in [1.29, 1.82) is 0 Å². The Morgan fingerprint density at radius 3 is 2.48 bits per heavy atom. The lowest BCUT2D eigenvalue weighted by Crippen LogP contribution is -2.46. The molecule has 164 valence electrons. The second kappa shape index (κ2) is 9.98. The number of piperidine rings is 1. The lowest BCUT2D eigenvalue weighted by Gasteiger charge is -2.34. The second-order valence-electron chi connectivity index (χ2n) is 8.09. The van der Waals surface area contributed by atoms with Gasteiger partial charge in [-0.1, -0.05) is 18.2 Å². The zero-order valence-electron chi connectivity index (χ0n) is 17.9. The van der Waals surface area contributed by atoms with Crippen molar-refractivity contribution < 1.29 is 14.3 Å². The molecular weight excluding hydrogens is 394 g/mol. The number of likely N-dealkylation sites (tertiary alicyclic amines) is 1. The van der Waals surface area contributed by atoms with Gasteiger partial charge in [-0.25, -0.2) is 9.97 Å². The number of hydrogen-bond acceptors (Lipinski definition) is 6. The third-order valence-electron chi connectivity index (χ3n) is 5.95. The molecule has 0 aliphatic carbocycles. The largest absolute Gasteiger partial charge is 0.379 e. The van der Waals surface area contributed by atoms with E-state index in [1.807, 2.05) is 42.2 Å². The van der Waals surface area contributed by atoms with E-state index in [1.165, 1.54) is 0 Å². The Morgan fingerprint density at radius 2 is 1.81 bits per heavy atom. The number of hydrogen-bond donors (Lipinski definition) is 1. The number of nitrogens with zero attached hydrogens (tertiary/aromatic N) is 4. The van der Waals surface area contributed by atoms with Gasteiger partial charge in [-0.05, 0) is 31.9 Å². The number of nitrogens with one attached hydrogen (secondary N) is 1. The van der Waals surface area contributed by atoms with E-state index in [1.54, 1.807) is 6.20 Å². The Bertz CT molecular complexity index is 907. The van der Waals surface area contributed by atoms with Gasteiger partial charge in [-0.3, -0.25) is 14.5 Å². The molecule has 0 atom stereocenters. The van der Waals surface area contributed by atoms with Gasteiger partial charge in [-0.2, -0.15) is 0 Å². The smallest absolute Gasteiger partial charge is 0.259 e. The number of rotatable bonds is 5. The maximum atomic E-state index is 12.6. The van der Waals surface area contributed by atoms with Gasteiger partial charge < -0.3 is 15.0 Å². The zero-order valence-corrected chi connectivity index (χ0v) is 17.9. The average molecular weight is 424 g/mol. The van der Waals surface area contributed by atoms with E-state index >= 15 is 0 Å². The summed E-state index contributed by atoms with van der Waals surface area (Å²) in [4.78, 5) is 38.4. The molecule has 0 unspecified atom stereocenters. The molecule has 8 nitrogen and oxygen atoms in total. The molecule has 0 spiro atoms. The van der Waals surface area contributed by atoms with Gasteiger partial charge in [0.25, 0.3) is 5.91 Å². The van der Waals surface area contributed by atoms with Crippen molar-refractivity contribution in [2.45, 2.75) is 25.7 Å². The first-order chi connectivity index (χ1) is 15.1. The van der Waals surface area contributed by atoms with Crippen LogP contribution in [0.5, 0.6) is 0 Å². The Morgan fingerprint density at radius 1 is 1.10 bits per heavy atom. The highest BCUT2D eigenvalue weighted by atomic mass is 16.5. The van der Waals surface area contributed by atoms with Crippen molar-refractivity contribution in [2.24, 2.45) is 0 Å². The topological polar surface area (TPSA) is 87.7 Å². The van der Waals surface area contributed by atoms with E-state index < -0.39 is 0 Å². The Labute approximate surface area is 182 Å². The highest BCUT2D eigenvalue weighted by Gasteiger charge is 2.27. The molecule has 2 fully saturated rings. The molecule has 1 N–H and O–H groups in total. The molecule has 1 aromatic heterocycles. The second-order valence-corrected chi connectivity index (χ2v) is 8.09. The SMILES string of the molecule is Cc1nc(C2CCN(C(=O)CN3CCOCC3)CC2)ncc1C(=O)Nc1ccccc1. The van der Waals surface area contributed by atoms with Gasteiger partial charge in [0, 0.05) is 44.0 Å². The van der Waals surface area contributed by atoms with Gasteiger partial charge in [0.2, 0.25) is 5.91 Å². The lowest BCUT2D eigenvalue weighted by molar-refractivity contribution is -0.134. The number of ether oxygens (including phenoxy) is 1. The number of para-hydroxylation sites is 1. The van der Waals surface area contributed by atoms with E-state index in [2.05, 4.69) is 20.2 Å². The van der Waals surface area contributed by atoms with Gasteiger partial charge in [-0.15, -0.1) is 0 Å². The summed E-state index contributed by atoms with van der Waals surface area (Å²) in [5.41, 5.74) is 1.89. The van der Waals surface area contributed by atoms with Crippen LogP contribution in [0.1, 0.15) is 40.6 Å². The summed E-state index contributed by atoms with van der Waals surface area (Å²) in [6.45, 7) is 6.77. The molecule has 0 radical (unpaired) electrons. The molecule has 0 bridgehead atoms. The number of morpholine rings is 1. The van der Waals surface area contributed by atoms with Crippen molar-refractivity contribution in [3.8, 4) is 0 Å². The van der Waals surface area contributed by atoms with Gasteiger partial charge >= 0.3 is 0 Å². The first kappa shape index (κ1) is 21.4. The van der Waals surface area contributed by atoms with Crippen LogP contribution >= 0.6 is 0 Å². The number of carbonyl (C=O) groups is 2. The van der Waals surface area contributed by atoms with E-state index in [4.69, 9.17) is 4.74 Å². The van der Waals surface area contributed by atoms with Crippen molar-refractivity contribution in [3.63, 3.8) is 0 Å². The van der Waals surface area contributed by atoms with Crippen LogP contribution < -0.4 is 5.32 Å². The summed E-state index contributed by atoms with van der Waals surface area (Å²) < 4.78 is 5.35. The third-order valence-corrected chi connectivity index (χ3v) is 5.95. The molecular formula is C23H29N5O3. The Balaban J connectivity index is 1.32. The molecule has 8 heteroatoms. The molecule has 2 aliphatic heterocycles. The molecule has 2 aliphatic rings. The van der Waals surface area contributed by atoms with Crippen LogP contribution in [0.15, 0.2) is 36.5 Å². The fourth-order valence-electron chi connectivity index (χ4n) is 4.06. The van der Waals surface area contributed by atoms with Crippen molar-refractivity contribution in [3.05, 3.63) is 53.6 Å². The molecule has 0 saturated carbocycles. The minimum Gasteiger partial charge on any atom is -0.379 e. The van der Waals surface area contributed by atoms with Crippen LogP contribution in [0, 0.1) is 6.92 Å². The quantitative estimate of drug-likeness (QED) is 0.792. The van der Waals surface area contributed by atoms with Gasteiger partial charge in [0.1, 0.15) is 5.82 Å². The normalized spacial score (nSPS) is 18.0. The highest BCUT2D eigenvalue weighted by Crippen LogP contribution is 2.26. The first-order valence-electron chi connectivity index (χ1n) is 10.9. The third kappa shape index (κ3) is 5.45. The molecule has 2 amide bonds. The van der Waals surface area contributed by atoms with Crippen molar-refractivity contribution in [2.75, 3.05) is 51.3 Å². The number of anilines is 1. The average Bonchev–Trinajstić information content (AvgIpc) is 2.80. The van der Waals surface area contributed by atoms with Crippen LogP contribution in [0.2, 0.25) is 0 Å². The number of aryl methyl sites for hydroxylation is 1. The van der Waals surface area contributed by atoms with E-state index in [-0.39, 0.29) is 17.7 Å². The van der Waals surface area contributed by atoms with Crippen LogP contribution in [0.4, 0.5) is 5.69 Å². The maximum Gasteiger partial charge on any atom is 0.259 e. The summed E-state index contributed by atoms with van der Waals surface area (Å²) in [6, 6.07) is 9.34. The van der Waals surface area contributed by atoms with Crippen molar-refractivity contribution in [1.82, 2.24) is 19.8 Å². The lowest BCUT2D eigenvalue weighted by atomic mass is 9.95. The Hall–Kier alpha value is -2.84. The number of benzene rings is 1. The van der Waals surface area contributed by atoms with Crippen LogP contribution in [0.3, 0.4) is 0 Å².